The lowest BCUT2D eigenvalue weighted by atomic mass is 9.84. The number of nitrogens with zero attached hydrogens (tertiary/aromatic N) is 1. The molecule has 0 aromatic heterocycles. The van der Waals surface area contributed by atoms with Crippen LogP contribution < -0.4 is 5.32 Å². The van der Waals surface area contributed by atoms with Crippen LogP contribution in [0.15, 0.2) is 18.2 Å². The number of hydrogen-bond donors (Lipinski definition) is 2. The molecular formula is C20H29FN2O2. The Balaban J connectivity index is 1.49. The van der Waals surface area contributed by atoms with Crippen molar-refractivity contribution < 1.29 is 14.3 Å². The normalized spacial score (nSPS) is 21.9. The van der Waals surface area contributed by atoms with Crippen LogP contribution in [0.3, 0.4) is 0 Å². The molecule has 1 aliphatic heterocycles. The first-order valence-electron chi connectivity index (χ1n) is 9.48. The topological polar surface area (TPSA) is 52.6 Å². The highest BCUT2D eigenvalue weighted by Crippen LogP contribution is 2.29. The first-order valence-corrected chi connectivity index (χ1v) is 9.48. The highest BCUT2D eigenvalue weighted by Gasteiger charge is 2.33. The summed E-state index contributed by atoms with van der Waals surface area (Å²) in [6, 6.07) is 4.98. The average Bonchev–Trinajstić information content (AvgIpc) is 2.59. The molecule has 4 nitrogen and oxygen atoms in total. The number of rotatable bonds is 4. The van der Waals surface area contributed by atoms with Gasteiger partial charge in [0, 0.05) is 25.7 Å². The monoisotopic (exact) mass is 348 g/mol. The summed E-state index contributed by atoms with van der Waals surface area (Å²) in [5, 5.41) is 13.7. The molecule has 25 heavy (non-hydrogen) atoms. The maximum atomic E-state index is 14.1. The van der Waals surface area contributed by atoms with Gasteiger partial charge in [0.2, 0.25) is 0 Å². The molecule has 3 rings (SSSR count). The smallest absolute Gasteiger partial charge is 0.254 e. The van der Waals surface area contributed by atoms with Crippen molar-refractivity contribution in [3.63, 3.8) is 0 Å². The maximum Gasteiger partial charge on any atom is 0.254 e. The molecule has 0 atom stereocenters. The van der Waals surface area contributed by atoms with Crippen LogP contribution in [0.25, 0.3) is 0 Å². The fraction of sp³-hybridized carbons (Fsp3) is 0.650. The molecule has 1 aromatic carbocycles. The van der Waals surface area contributed by atoms with Gasteiger partial charge in [0.25, 0.3) is 5.91 Å². The van der Waals surface area contributed by atoms with Crippen LogP contribution in [0.2, 0.25) is 0 Å². The molecule has 1 amide bonds. The van der Waals surface area contributed by atoms with E-state index in [-0.39, 0.29) is 17.5 Å². The standard InChI is InChI=1S/C20H29FN2O2/c1-15-6-5-7-17(18(15)21)19(24)22-16-8-12-23(13-9-16)14-20(25)10-3-2-4-11-20/h5-7,16,25H,2-4,8-14H2,1H3,(H,22,24). The molecule has 2 fully saturated rings. The Labute approximate surface area is 149 Å². The molecule has 138 valence electrons. The first-order chi connectivity index (χ1) is 12.0. The molecule has 1 aromatic rings. The SMILES string of the molecule is Cc1cccc(C(=O)NC2CCN(CC3(O)CCCCC3)CC2)c1F. The average molecular weight is 348 g/mol. The zero-order valence-electron chi connectivity index (χ0n) is 15.1. The highest BCUT2D eigenvalue weighted by molar-refractivity contribution is 5.94. The van der Waals surface area contributed by atoms with Gasteiger partial charge >= 0.3 is 0 Å². The molecule has 0 spiro atoms. The van der Waals surface area contributed by atoms with Crippen LogP contribution >= 0.6 is 0 Å². The van der Waals surface area contributed by atoms with Crippen LogP contribution in [-0.4, -0.2) is 47.2 Å². The minimum atomic E-state index is -0.529. The summed E-state index contributed by atoms with van der Waals surface area (Å²) in [6.45, 7) is 4.13. The van der Waals surface area contributed by atoms with Crippen molar-refractivity contribution in [3.05, 3.63) is 35.1 Å². The minimum Gasteiger partial charge on any atom is -0.389 e. The predicted octanol–water partition coefficient (Wildman–Crippen LogP) is 3.02. The second kappa shape index (κ2) is 7.83. The number of benzene rings is 1. The van der Waals surface area contributed by atoms with Gasteiger partial charge in [-0.15, -0.1) is 0 Å². The lowest BCUT2D eigenvalue weighted by molar-refractivity contribution is -0.0312. The van der Waals surface area contributed by atoms with Crippen LogP contribution in [0.5, 0.6) is 0 Å². The molecule has 1 saturated heterocycles. The van der Waals surface area contributed by atoms with Crippen molar-refractivity contribution in [2.75, 3.05) is 19.6 Å². The van der Waals surface area contributed by atoms with Crippen molar-refractivity contribution in [2.24, 2.45) is 0 Å². The molecule has 0 radical (unpaired) electrons. The van der Waals surface area contributed by atoms with E-state index in [1.54, 1.807) is 19.1 Å². The van der Waals surface area contributed by atoms with Crippen LogP contribution in [-0.2, 0) is 0 Å². The van der Waals surface area contributed by atoms with E-state index in [1.807, 2.05) is 0 Å². The summed E-state index contributed by atoms with van der Waals surface area (Å²) in [4.78, 5) is 14.6. The first kappa shape index (κ1) is 18.3. The second-order valence-electron chi connectivity index (χ2n) is 7.75. The van der Waals surface area contributed by atoms with Gasteiger partial charge in [-0.3, -0.25) is 4.79 Å². The summed E-state index contributed by atoms with van der Waals surface area (Å²) in [5.41, 5.74) is 0.0844. The Kier molecular flexibility index (Phi) is 5.74. The van der Waals surface area contributed by atoms with E-state index in [0.29, 0.717) is 5.56 Å². The number of halogens is 1. The Hall–Kier alpha value is -1.46. The fourth-order valence-corrected chi connectivity index (χ4v) is 4.11. The van der Waals surface area contributed by atoms with Crippen molar-refractivity contribution in [2.45, 2.75) is 63.5 Å². The van der Waals surface area contributed by atoms with Gasteiger partial charge in [-0.2, -0.15) is 0 Å². The summed E-state index contributed by atoms with van der Waals surface area (Å²) in [6.07, 6.45) is 6.94. The number of aryl methyl sites for hydroxylation is 1. The van der Waals surface area contributed by atoms with E-state index in [2.05, 4.69) is 10.2 Å². The van der Waals surface area contributed by atoms with Crippen molar-refractivity contribution in [1.82, 2.24) is 10.2 Å². The molecular weight excluding hydrogens is 319 g/mol. The number of nitrogens with one attached hydrogen (secondary N) is 1. The summed E-state index contributed by atoms with van der Waals surface area (Å²) in [5.74, 6) is -0.762. The number of amides is 1. The van der Waals surface area contributed by atoms with E-state index in [4.69, 9.17) is 0 Å². The van der Waals surface area contributed by atoms with Crippen molar-refractivity contribution in [1.29, 1.82) is 0 Å². The summed E-state index contributed by atoms with van der Waals surface area (Å²) >= 11 is 0. The van der Waals surface area contributed by atoms with E-state index in [0.717, 1.165) is 58.2 Å². The van der Waals surface area contributed by atoms with E-state index in [9.17, 15) is 14.3 Å². The number of aliphatic hydroxyl groups is 1. The molecule has 2 N–H and O–H groups in total. The third kappa shape index (κ3) is 4.59. The second-order valence-corrected chi connectivity index (χ2v) is 7.75. The number of hydrogen-bond acceptors (Lipinski definition) is 3. The Bertz CT molecular complexity index is 606. The quantitative estimate of drug-likeness (QED) is 0.879. The number of carbonyl (C=O) groups excluding carboxylic acids is 1. The van der Waals surface area contributed by atoms with Crippen LogP contribution in [0, 0.1) is 12.7 Å². The molecule has 1 aliphatic carbocycles. The Morgan fingerprint density at radius 1 is 1.28 bits per heavy atom. The van der Waals surface area contributed by atoms with Gasteiger partial charge in [-0.25, -0.2) is 4.39 Å². The molecule has 1 heterocycles. The van der Waals surface area contributed by atoms with Crippen molar-refractivity contribution in [3.8, 4) is 0 Å². The Morgan fingerprint density at radius 3 is 2.64 bits per heavy atom. The van der Waals surface area contributed by atoms with Gasteiger partial charge in [0.15, 0.2) is 0 Å². The third-order valence-corrected chi connectivity index (χ3v) is 5.66. The van der Waals surface area contributed by atoms with Crippen LogP contribution in [0.4, 0.5) is 4.39 Å². The minimum absolute atomic E-state index is 0.0738. The van der Waals surface area contributed by atoms with E-state index in [1.165, 1.54) is 12.5 Å². The molecule has 0 unspecified atom stereocenters. The fourth-order valence-electron chi connectivity index (χ4n) is 4.11. The number of likely N-dealkylation sites (tertiary alicyclic amines) is 1. The number of piperidine rings is 1. The zero-order chi connectivity index (χ0) is 17.9. The summed E-state index contributed by atoms with van der Waals surface area (Å²) < 4.78 is 14.1. The maximum absolute atomic E-state index is 14.1. The number of carbonyl (C=O) groups is 1. The molecule has 2 aliphatic rings. The zero-order valence-corrected chi connectivity index (χ0v) is 15.1. The van der Waals surface area contributed by atoms with Gasteiger partial charge in [0.1, 0.15) is 5.82 Å². The van der Waals surface area contributed by atoms with Gasteiger partial charge in [-0.1, -0.05) is 31.4 Å². The Morgan fingerprint density at radius 2 is 1.96 bits per heavy atom. The lowest BCUT2D eigenvalue weighted by Crippen LogP contribution is -2.50. The van der Waals surface area contributed by atoms with Gasteiger partial charge in [0.05, 0.1) is 11.2 Å². The largest absolute Gasteiger partial charge is 0.389 e. The van der Waals surface area contributed by atoms with E-state index >= 15 is 0 Å². The molecule has 1 saturated carbocycles. The van der Waals surface area contributed by atoms with Crippen molar-refractivity contribution >= 4 is 5.91 Å². The molecule has 5 heteroatoms. The van der Waals surface area contributed by atoms with E-state index < -0.39 is 11.4 Å². The number of β-amino-alcohol motifs (C(OH)–C–C–N with tert-alkyl or cyclic N) is 1. The predicted molar refractivity (Wildman–Crippen MR) is 96.1 cm³/mol. The third-order valence-electron chi connectivity index (χ3n) is 5.66. The van der Waals surface area contributed by atoms with Crippen LogP contribution in [0.1, 0.15) is 60.9 Å². The highest BCUT2D eigenvalue weighted by atomic mass is 19.1. The van der Waals surface area contributed by atoms with Gasteiger partial charge < -0.3 is 15.3 Å². The molecule has 0 bridgehead atoms. The lowest BCUT2D eigenvalue weighted by Gasteiger charge is -2.40. The van der Waals surface area contributed by atoms with Gasteiger partial charge in [-0.05, 0) is 44.2 Å². The summed E-state index contributed by atoms with van der Waals surface area (Å²) in [7, 11) is 0.